The van der Waals surface area contributed by atoms with Crippen LogP contribution in [0.25, 0.3) is 0 Å². The van der Waals surface area contributed by atoms with Gasteiger partial charge in [0, 0.05) is 18.6 Å². The molecule has 2 rings (SSSR count). The average molecular weight is 224 g/mol. The van der Waals surface area contributed by atoms with E-state index in [4.69, 9.17) is 0 Å². The van der Waals surface area contributed by atoms with Crippen molar-refractivity contribution < 1.29 is 0 Å². The van der Waals surface area contributed by atoms with Gasteiger partial charge < -0.3 is 10.2 Å². The molecule has 2 fully saturated rings. The molecule has 0 radical (unpaired) electrons. The zero-order valence-corrected chi connectivity index (χ0v) is 10.9. The van der Waals surface area contributed by atoms with Gasteiger partial charge in [0.2, 0.25) is 0 Å². The molecule has 1 saturated heterocycles. The van der Waals surface area contributed by atoms with Crippen molar-refractivity contribution in [2.24, 2.45) is 0 Å². The first-order valence-corrected chi connectivity index (χ1v) is 7.30. The lowest BCUT2D eigenvalue weighted by atomic mass is 9.94. The molecule has 2 aliphatic rings. The van der Waals surface area contributed by atoms with E-state index in [0.717, 1.165) is 12.1 Å². The summed E-state index contributed by atoms with van der Waals surface area (Å²) < 4.78 is 0. The quantitative estimate of drug-likeness (QED) is 0.793. The van der Waals surface area contributed by atoms with Crippen molar-refractivity contribution >= 4 is 0 Å². The predicted molar refractivity (Wildman–Crippen MR) is 69.8 cm³/mol. The Kier molecular flexibility index (Phi) is 5.11. The minimum absolute atomic E-state index is 0.759. The zero-order valence-electron chi connectivity index (χ0n) is 10.9. The van der Waals surface area contributed by atoms with Gasteiger partial charge in [0.25, 0.3) is 0 Å². The van der Waals surface area contributed by atoms with Crippen LogP contribution >= 0.6 is 0 Å². The molecule has 0 aromatic rings. The lowest BCUT2D eigenvalue weighted by molar-refractivity contribution is 0.173. The maximum atomic E-state index is 3.71. The van der Waals surface area contributed by atoms with Crippen LogP contribution in [0.2, 0.25) is 0 Å². The van der Waals surface area contributed by atoms with Crippen molar-refractivity contribution in [1.29, 1.82) is 0 Å². The summed E-state index contributed by atoms with van der Waals surface area (Å²) in [7, 11) is 2.34. The highest BCUT2D eigenvalue weighted by molar-refractivity contribution is 4.79. The topological polar surface area (TPSA) is 15.3 Å². The number of likely N-dealkylation sites (N-methyl/N-ethyl adjacent to an activating group) is 1. The van der Waals surface area contributed by atoms with E-state index in [1.807, 2.05) is 0 Å². The van der Waals surface area contributed by atoms with Gasteiger partial charge in [-0.05, 0) is 39.3 Å². The SMILES string of the molecule is CN(CC1CCCCCN1)C1CCCCC1. The Morgan fingerprint density at radius 2 is 1.62 bits per heavy atom. The van der Waals surface area contributed by atoms with Crippen molar-refractivity contribution in [2.45, 2.75) is 69.9 Å². The Hall–Kier alpha value is -0.0800. The first-order chi connectivity index (χ1) is 7.86. The molecule has 1 saturated carbocycles. The highest BCUT2D eigenvalue weighted by atomic mass is 15.2. The van der Waals surface area contributed by atoms with Crippen LogP contribution < -0.4 is 5.32 Å². The van der Waals surface area contributed by atoms with Crippen molar-refractivity contribution in [1.82, 2.24) is 10.2 Å². The number of nitrogens with one attached hydrogen (secondary N) is 1. The van der Waals surface area contributed by atoms with Crippen LogP contribution in [0.5, 0.6) is 0 Å². The van der Waals surface area contributed by atoms with Crippen molar-refractivity contribution in [3.05, 3.63) is 0 Å². The standard InChI is InChI=1S/C14H28N2/c1-16(14-9-5-2-6-10-14)12-13-8-4-3-7-11-15-13/h13-15H,2-12H2,1H3. The van der Waals surface area contributed by atoms with E-state index in [0.29, 0.717) is 0 Å². The summed E-state index contributed by atoms with van der Waals surface area (Å²) in [5.74, 6) is 0. The molecule has 1 aliphatic heterocycles. The molecule has 1 N–H and O–H groups in total. The van der Waals surface area contributed by atoms with Gasteiger partial charge >= 0.3 is 0 Å². The molecule has 94 valence electrons. The van der Waals surface area contributed by atoms with E-state index < -0.39 is 0 Å². The van der Waals surface area contributed by atoms with Gasteiger partial charge in [-0.3, -0.25) is 0 Å². The predicted octanol–water partition coefficient (Wildman–Crippen LogP) is 2.78. The molecule has 1 unspecified atom stereocenters. The molecular formula is C14H28N2. The fourth-order valence-electron chi connectivity index (χ4n) is 3.28. The minimum Gasteiger partial charge on any atom is -0.313 e. The van der Waals surface area contributed by atoms with Crippen molar-refractivity contribution in [3.8, 4) is 0 Å². The molecular weight excluding hydrogens is 196 g/mol. The first-order valence-electron chi connectivity index (χ1n) is 7.30. The summed E-state index contributed by atoms with van der Waals surface area (Å²) in [6.45, 7) is 2.51. The lowest BCUT2D eigenvalue weighted by Crippen LogP contribution is -2.43. The van der Waals surface area contributed by atoms with Gasteiger partial charge in [0.1, 0.15) is 0 Å². The number of hydrogen-bond acceptors (Lipinski definition) is 2. The van der Waals surface area contributed by atoms with Crippen LogP contribution in [-0.2, 0) is 0 Å². The molecule has 0 bridgehead atoms. The Morgan fingerprint density at radius 3 is 2.44 bits per heavy atom. The molecule has 16 heavy (non-hydrogen) atoms. The Morgan fingerprint density at radius 1 is 0.938 bits per heavy atom. The maximum absolute atomic E-state index is 3.71. The Bertz CT molecular complexity index is 179. The first kappa shape index (κ1) is 12.4. The van der Waals surface area contributed by atoms with Gasteiger partial charge in [0.05, 0.1) is 0 Å². The molecule has 1 atom stereocenters. The monoisotopic (exact) mass is 224 g/mol. The molecule has 1 heterocycles. The van der Waals surface area contributed by atoms with Crippen LogP contribution in [0.3, 0.4) is 0 Å². The summed E-state index contributed by atoms with van der Waals surface area (Å²) in [6, 6.07) is 1.63. The smallest absolute Gasteiger partial charge is 0.0195 e. The Balaban J connectivity index is 1.73. The second-order valence-corrected chi connectivity index (χ2v) is 5.73. The van der Waals surface area contributed by atoms with E-state index in [9.17, 15) is 0 Å². The van der Waals surface area contributed by atoms with Crippen LogP contribution in [-0.4, -0.2) is 37.1 Å². The maximum Gasteiger partial charge on any atom is 0.0195 e. The van der Waals surface area contributed by atoms with Gasteiger partial charge in [-0.1, -0.05) is 32.1 Å². The third-order valence-corrected chi connectivity index (χ3v) is 4.37. The third kappa shape index (κ3) is 3.74. The summed E-state index contributed by atoms with van der Waals surface area (Å²) in [4.78, 5) is 2.63. The summed E-state index contributed by atoms with van der Waals surface area (Å²) in [5.41, 5.74) is 0. The molecule has 2 heteroatoms. The fourth-order valence-corrected chi connectivity index (χ4v) is 3.28. The van der Waals surface area contributed by atoms with Crippen LogP contribution in [0.15, 0.2) is 0 Å². The largest absolute Gasteiger partial charge is 0.313 e. The second-order valence-electron chi connectivity index (χ2n) is 5.73. The number of hydrogen-bond donors (Lipinski definition) is 1. The van der Waals surface area contributed by atoms with Crippen LogP contribution in [0.4, 0.5) is 0 Å². The second kappa shape index (κ2) is 6.61. The van der Waals surface area contributed by atoms with Crippen LogP contribution in [0, 0.1) is 0 Å². The summed E-state index contributed by atoms with van der Waals surface area (Å²) in [6.07, 6.45) is 12.9. The fraction of sp³-hybridized carbons (Fsp3) is 1.00. The molecule has 1 aliphatic carbocycles. The highest BCUT2D eigenvalue weighted by Crippen LogP contribution is 2.22. The van der Waals surface area contributed by atoms with E-state index in [1.54, 1.807) is 0 Å². The van der Waals surface area contributed by atoms with Crippen LogP contribution in [0.1, 0.15) is 57.8 Å². The summed E-state index contributed by atoms with van der Waals surface area (Å²) in [5, 5.41) is 3.71. The molecule has 0 aromatic carbocycles. The van der Waals surface area contributed by atoms with Gasteiger partial charge in [0.15, 0.2) is 0 Å². The van der Waals surface area contributed by atoms with E-state index in [1.165, 1.54) is 70.9 Å². The number of rotatable bonds is 3. The van der Waals surface area contributed by atoms with Gasteiger partial charge in [-0.2, -0.15) is 0 Å². The normalized spacial score (nSPS) is 29.2. The van der Waals surface area contributed by atoms with Crippen molar-refractivity contribution in [2.75, 3.05) is 20.1 Å². The molecule has 2 nitrogen and oxygen atoms in total. The van der Waals surface area contributed by atoms with E-state index >= 15 is 0 Å². The lowest BCUT2D eigenvalue weighted by Gasteiger charge is -2.33. The molecule has 0 amide bonds. The minimum atomic E-state index is 0.759. The third-order valence-electron chi connectivity index (χ3n) is 4.37. The summed E-state index contributed by atoms with van der Waals surface area (Å²) >= 11 is 0. The zero-order chi connectivity index (χ0) is 11.2. The molecule has 0 aromatic heterocycles. The average Bonchev–Trinajstić information content (AvgIpc) is 2.59. The van der Waals surface area contributed by atoms with E-state index in [2.05, 4.69) is 17.3 Å². The van der Waals surface area contributed by atoms with Gasteiger partial charge in [-0.15, -0.1) is 0 Å². The molecule has 0 spiro atoms. The highest BCUT2D eigenvalue weighted by Gasteiger charge is 2.21. The van der Waals surface area contributed by atoms with Gasteiger partial charge in [-0.25, -0.2) is 0 Å². The van der Waals surface area contributed by atoms with Crippen molar-refractivity contribution in [3.63, 3.8) is 0 Å². The number of nitrogens with zero attached hydrogens (tertiary/aromatic N) is 1. The Labute approximate surface area is 101 Å². The van der Waals surface area contributed by atoms with E-state index in [-0.39, 0.29) is 0 Å².